The summed E-state index contributed by atoms with van der Waals surface area (Å²) in [6, 6.07) is 14.9. The Balaban J connectivity index is 1.65. The maximum absolute atomic E-state index is 13.1. The molecule has 0 unspecified atom stereocenters. The van der Waals surface area contributed by atoms with Crippen LogP contribution in [0.3, 0.4) is 0 Å². The molecule has 0 aliphatic rings. The molecular formula is C23H25ClN2O3S. The smallest absolute Gasteiger partial charge is 0.254 e. The van der Waals surface area contributed by atoms with Gasteiger partial charge in [0.15, 0.2) is 0 Å². The SMILES string of the molecule is COCCCN(Cc1csc(COc2ccc(Cl)cc2)n1)C(=O)c1cccc(C)c1. The molecule has 3 rings (SSSR count). The zero-order valence-corrected chi connectivity index (χ0v) is 18.7. The van der Waals surface area contributed by atoms with E-state index in [1.807, 2.05) is 53.6 Å². The Bertz CT molecular complexity index is 959. The Morgan fingerprint density at radius 1 is 1.20 bits per heavy atom. The molecule has 0 bridgehead atoms. The molecule has 0 saturated heterocycles. The molecule has 2 aromatic carbocycles. The van der Waals surface area contributed by atoms with E-state index < -0.39 is 0 Å². The van der Waals surface area contributed by atoms with Gasteiger partial charge < -0.3 is 14.4 Å². The molecule has 0 saturated carbocycles. The molecule has 30 heavy (non-hydrogen) atoms. The number of benzene rings is 2. The number of nitrogens with zero attached hydrogens (tertiary/aromatic N) is 2. The third kappa shape index (κ3) is 6.55. The molecule has 0 radical (unpaired) electrons. The summed E-state index contributed by atoms with van der Waals surface area (Å²) in [6.07, 6.45) is 0.769. The molecule has 1 aromatic heterocycles. The Morgan fingerprint density at radius 2 is 2.00 bits per heavy atom. The minimum atomic E-state index is 0.00164. The molecule has 7 heteroatoms. The van der Waals surface area contributed by atoms with Gasteiger partial charge in [0.2, 0.25) is 0 Å². The van der Waals surface area contributed by atoms with Crippen molar-refractivity contribution in [2.24, 2.45) is 0 Å². The Morgan fingerprint density at radius 3 is 2.73 bits per heavy atom. The van der Waals surface area contributed by atoms with Crippen LogP contribution in [-0.4, -0.2) is 36.1 Å². The van der Waals surface area contributed by atoms with Gasteiger partial charge in [-0.15, -0.1) is 11.3 Å². The highest BCUT2D eigenvalue weighted by Crippen LogP contribution is 2.19. The lowest BCUT2D eigenvalue weighted by atomic mass is 10.1. The van der Waals surface area contributed by atoms with Crippen LogP contribution in [0.2, 0.25) is 5.02 Å². The van der Waals surface area contributed by atoms with Crippen molar-refractivity contribution >= 4 is 28.8 Å². The fraction of sp³-hybridized carbons (Fsp3) is 0.304. The molecule has 0 aliphatic carbocycles. The number of amides is 1. The maximum atomic E-state index is 13.1. The van der Waals surface area contributed by atoms with Gasteiger partial charge >= 0.3 is 0 Å². The monoisotopic (exact) mass is 444 g/mol. The van der Waals surface area contributed by atoms with Gasteiger partial charge in [0.25, 0.3) is 5.91 Å². The van der Waals surface area contributed by atoms with Crippen molar-refractivity contribution in [3.63, 3.8) is 0 Å². The van der Waals surface area contributed by atoms with Gasteiger partial charge in [0.1, 0.15) is 17.4 Å². The van der Waals surface area contributed by atoms with Crippen LogP contribution in [-0.2, 0) is 17.9 Å². The predicted octanol–water partition coefficient (Wildman–Crippen LogP) is 5.36. The fourth-order valence-electron chi connectivity index (χ4n) is 2.97. The van der Waals surface area contributed by atoms with Crippen molar-refractivity contribution in [2.45, 2.75) is 26.5 Å². The summed E-state index contributed by atoms with van der Waals surface area (Å²) in [5.41, 5.74) is 2.61. The van der Waals surface area contributed by atoms with E-state index in [-0.39, 0.29) is 5.91 Å². The lowest BCUT2D eigenvalue weighted by Crippen LogP contribution is -2.32. The third-order valence-electron chi connectivity index (χ3n) is 4.46. The highest BCUT2D eigenvalue weighted by molar-refractivity contribution is 7.09. The van der Waals surface area contributed by atoms with Crippen molar-refractivity contribution in [2.75, 3.05) is 20.3 Å². The van der Waals surface area contributed by atoms with E-state index in [0.29, 0.717) is 36.9 Å². The van der Waals surface area contributed by atoms with E-state index in [0.717, 1.165) is 28.4 Å². The van der Waals surface area contributed by atoms with Crippen LogP contribution < -0.4 is 4.74 Å². The molecule has 5 nitrogen and oxygen atoms in total. The molecule has 1 heterocycles. The van der Waals surface area contributed by atoms with Gasteiger partial charge in [-0.2, -0.15) is 0 Å². The number of thiazole rings is 1. The van der Waals surface area contributed by atoms with E-state index in [2.05, 4.69) is 4.98 Å². The summed E-state index contributed by atoms with van der Waals surface area (Å²) in [5.74, 6) is 0.744. The molecule has 1 amide bonds. The predicted molar refractivity (Wildman–Crippen MR) is 120 cm³/mol. The van der Waals surface area contributed by atoms with Crippen LogP contribution in [0.25, 0.3) is 0 Å². The summed E-state index contributed by atoms with van der Waals surface area (Å²) < 4.78 is 10.9. The summed E-state index contributed by atoms with van der Waals surface area (Å²) >= 11 is 7.43. The number of halogens is 1. The van der Waals surface area contributed by atoms with Crippen molar-refractivity contribution in [1.82, 2.24) is 9.88 Å². The van der Waals surface area contributed by atoms with E-state index in [9.17, 15) is 4.79 Å². The number of carbonyl (C=O) groups is 1. The number of ether oxygens (including phenoxy) is 2. The lowest BCUT2D eigenvalue weighted by molar-refractivity contribution is 0.0721. The van der Waals surface area contributed by atoms with Gasteiger partial charge in [-0.25, -0.2) is 4.98 Å². The minimum absolute atomic E-state index is 0.00164. The van der Waals surface area contributed by atoms with Crippen LogP contribution in [0.1, 0.15) is 33.0 Å². The Labute approximate surface area is 186 Å². The second-order valence-electron chi connectivity index (χ2n) is 6.92. The number of methoxy groups -OCH3 is 1. The van der Waals surface area contributed by atoms with Gasteiger partial charge in [-0.05, 0) is 49.7 Å². The van der Waals surface area contributed by atoms with Crippen molar-refractivity contribution in [1.29, 1.82) is 0 Å². The van der Waals surface area contributed by atoms with Gasteiger partial charge in [0, 0.05) is 36.2 Å². The largest absolute Gasteiger partial charge is 0.486 e. The summed E-state index contributed by atoms with van der Waals surface area (Å²) in [4.78, 5) is 19.5. The standard InChI is InChI=1S/C23H25ClN2O3S/c1-17-5-3-6-18(13-17)23(27)26(11-4-12-28-2)14-20-16-30-22(25-20)15-29-21-9-7-19(24)8-10-21/h3,5-10,13,16H,4,11-12,14-15H2,1-2H3. The van der Waals surface area contributed by atoms with E-state index >= 15 is 0 Å². The molecule has 0 atom stereocenters. The van der Waals surface area contributed by atoms with Crippen molar-refractivity contribution in [3.05, 3.63) is 80.8 Å². The van der Waals surface area contributed by atoms with Crippen LogP contribution in [0.15, 0.2) is 53.9 Å². The quantitative estimate of drug-likeness (QED) is 0.395. The van der Waals surface area contributed by atoms with Gasteiger partial charge in [-0.3, -0.25) is 4.79 Å². The molecule has 0 fully saturated rings. The number of hydrogen-bond acceptors (Lipinski definition) is 5. The maximum Gasteiger partial charge on any atom is 0.254 e. The highest BCUT2D eigenvalue weighted by atomic mass is 35.5. The highest BCUT2D eigenvalue weighted by Gasteiger charge is 2.17. The molecular weight excluding hydrogens is 420 g/mol. The first-order valence-corrected chi connectivity index (χ1v) is 11.0. The molecule has 0 aliphatic heterocycles. The summed E-state index contributed by atoms with van der Waals surface area (Å²) in [5, 5.41) is 3.51. The molecule has 3 aromatic rings. The van der Waals surface area contributed by atoms with E-state index in [1.165, 1.54) is 11.3 Å². The number of aromatic nitrogens is 1. The average molecular weight is 445 g/mol. The molecule has 0 spiro atoms. The van der Waals surface area contributed by atoms with Crippen molar-refractivity contribution < 1.29 is 14.3 Å². The number of rotatable bonds is 10. The topological polar surface area (TPSA) is 51.7 Å². The van der Waals surface area contributed by atoms with E-state index in [1.54, 1.807) is 19.2 Å². The van der Waals surface area contributed by atoms with E-state index in [4.69, 9.17) is 21.1 Å². The second kappa shape index (κ2) is 11.1. The van der Waals surface area contributed by atoms with Crippen LogP contribution in [0.5, 0.6) is 5.75 Å². The van der Waals surface area contributed by atoms with Gasteiger partial charge in [0.05, 0.1) is 12.2 Å². The zero-order valence-electron chi connectivity index (χ0n) is 17.1. The lowest BCUT2D eigenvalue weighted by Gasteiger charge is -2.22. The Hall–Kier alpha value is -2.41. The molecule has 158 valence electrons. The van der Waals surface area contributed by atoms with Crippen LogP contribution in [0, 0.1) is 6.92 Å². The third-order valence-corrected chi connectivity index (χ3v) is 5.58. The first-order valence-electron chi connectivity index (χ1n) is 9.71. The zero-order chi connectivity index (χ0) is 21.3. The van der Waals surface area contributed by atoms with Gasteiger partial charge in [-0.1, -0.05) is 29.3 Å². The minimum Gasteiger partial charge on any atom is -0.486 e. The number of hydrogen-bond donors (Lipinski definition) is 0. The second-order valence-corrected chi connectivity index (χ2v) is 8.30. The first kappa shape index (κ1) is 22.3. The van der Waals surface area contributed by atoms with Crippen molar-refractivity contribution in [3.8, 4) is 5.75 Å². The first-order chi connectivity index (χ1) is 14.5. The van der Waals surface area contributed by atoms with Crippen LogP contribution in [0.4, 0.5) is 0 Å². The normalized spacial score (nSPS) is 10.8. The number of aryl methyl sites for hydroxylation is 1. The number of carbonyl (C=O) groups excluding carboxylic acids is 1. The average Bonchev–Trinajstić information content (AvgIpc) is 3.20. The molecule has 0 N–H and O–H groups in total. The fourth-order valence-corrected chi connectivity index (χ4v) is 3.79. The summed E-state index contributed by atoms with van der Waals surface area (Å²) in [7, 11) is 1.67. The summed E-state index contributed by atoms with van der Waals surface area (Å²) in [6.45, 7) is 4.03. The van der Waals surface area contributed by atoms with Crippen LogP contribution >= 0.6 is 22.9 Å². The Kier molecular flexibility index (Phi) is 8.25.